The summed E-state index contributed by atoms with van der Waals surface area (Å²) in [5.74, 6) is -0.180. The first-order valence-electron chi connectivity index (χ1n) is 13.7. The van der Waals surface area contributed by atoms with E-state index in [1.165, 1.54) is 58.3 Å². The average Bonchev–Trinajstić information content (AvgIpc) is 3.04. The molecule has 226 valence electrons. The van der Waals surface area contributed by atoms with Crippen LogP contribution in [0.25, 0.3) is 0 Å². The van der Waals surface area contributed by atoms with Gasteiger partial charge in [0.15, 0.2) is 12.2 Å². The number of rotatable bonds is 13. The molecule has 0 heterocycles. The van der Waals surface area contributed by atoms with E-state index in [2.05, 4.69) is 0 Å². The standard InChI is InChI=1S/C32H30N4O8/c1-23(43-29-17-13-27(14-18-29)35(39)40)31(37)33(25-9-5-3-6-10-25)21-22-34(26-11-7-4-8-12-26)32(38)24(2)44-30-19-15-28(16-20-30)36(41)42/h3-20,23-24H,21-22H2,1-2H3. The first-order valence-corrected chi connectivity index (χ1v) is 13.7. The molecule has 2 amide bonds. The number of non-ortho nitro benzene ring substituents is 2. The number of ether oxygens (including phenoxy) is 2. The number of nitrogens with zero attached hydrogens (tertiary/aromatic N) is 4. The summed E-state index contributed by atoms with van der Waals surface area (Å²) in [6.45, 7) is 3.36. The number of nitro benzene ring substituents is 2. The molecule has 0 aliphatic rings. The highest BCUT2D eigenvalue weighted by Crippen LogP contribution is 2.23. The van der Waals surface area contributed by atoms with Gasteiger partial charge in [-0.2, -0.15) is 0 Å². The van der Waals surface area contributed by atoms with Crippen LogP contribution in [0.5, 0.6) is 11.5 Å². The topological polar surface area (TPSA) is 145 Å². The summed E-state index contributed by atoms with van der Waals surface area (Å²) in [6, 6.07) is 28.8. The van der Waals surface area contributed by atoms with Gasteiger partial charge >= 0.3 is 0 Å². The van der Waals surface area contributed by atoms with Gasteiger partial charge < -0.3 is 19.3 Å². The van der Waals surface area contributed by atoms with Crippen molar-refractivity contribution in [3.05, 3.63) is 129 Å². The second-order valence-corrected chi connectivity index (χ2v) is 9.67. The van der Waals surface area contributed by atoms with E-state index in [-0.39, 0.29) is 36.3 Å². The van der Waals surface area contributed by atoms with Crippen LogP contribution in [0.15, 0.2) is 109 Å². The third kappa shape index (κ3) is 7.94. The molecular formula is C32H30N4O8. The Hall–Kier alpha value is -5.78. The van der Waals surface area contributed by atoms with Crippen molar-refractivity contribution in [3.8, 4) is 11.5 Å². The molecule has 0 fully saturated rings. The van der Waals surface area contributed by atoms with E-state index in [9.17, 15) is 29.8 Å². The predicted octanol–water partition coefficient (Wildman–Crippen LogP) is 5.80. The quantitative estimate of drug-likeness (QED) is 0.139. The molecule has 0 aromatic heterocycles. The van der Waals surface area contributed by atoms with Gasteiger partial charge in [0.1, 0.15) is 11.5 Å². The van der Waals surface area contributed by atoms with Crippen molar-refractivity contribution in [1.29, 1.82) is 0 Å². The predicted molar refractivity (Wildman–Crippen MR) is 164 cm³/mol. The van der Waals surface area contributed by atoms with Crippen LogP contribution in [0.3, 0.4) is 0 Å². The first kappa shape index (κ1) is 31.2. The van der Waals surface area contributed by atoms with E-state index in [1.807, 2.05) is 12.1 Å². The summed E-state index contributed by atoms with van der Waals surface area (Å²) in [5, 5.41) is 22.0. The third-order valence-corrected chi connectivity index (χ3v) is 6.63. The summed E-state index contributed by atoms with van der Waals surface area (Å²) in [4.78, 5) is 51.4. The molecule has 2 unspecified atom stereocenters. The van der Waals surface area contributed by atoms with Gasteiger partial charge in [-0.15, -0.1) is 0 Å². The normalized spacial score (nSPS) is 12.0. The van der Waals surface area contributed by atoms with Gasteiger partial charge in [0.25, 0.3) is 23.2 Å². The largest absolute Gasteiger partial charge is 0.481 e. The Morgan fingerprint density at radius 1 is 0.591 bits per heavy atom. The fourth-order valence-corrected chi connectivity index (χ4v) is 4.39. The van der Waals surface area contributed by atoms with E-state index < -0.39 is 22.1 Å². The number of nitro groups is 2. The van der Waals surface area contributed by atoms with Gasteiger partial charge in [0, 0.05) is 48.7 Å². The maximum absolute atomic E-state index is 13.7. The minimum atomic E-state index is -0.957. The van der Waals surface area contributed by atoms with Crippen molar-refractivity contribution in [2.75, 3.05) is 22.9 Å². The number of para-hydroxylation sites is 2. The van der Waals surface area contributed by atoms with Crippen LogP contribution in [0.4, 0.5) is 22.7 Å². The van der Waals surface area contributed by atoms with Gasteiger partial charge in [-0.05, 0) is 62.4 Å². The van der Waals surface area contributed by atoms with Crippen LogP contribution >= 0.6 is 0 Å². The van der Waals surface area contributed by atoms with Crippen LogP contribution < -0.4 is 19.3 Å². The lowest BCUT2D eigenvalue weighted by Gasteiger charge is -2.31. The lowest BCUT2D eigenvalue weighted by molar-refractivity contribution is -0.385. The second kappa shape index (κ2) is 14.4. The highest BCUT2D eigenvalue weighted by molar-refractivity contribution is 5.98. The van der Waals surface area contributed by atoms with E-state index in [4.69, 9.17) is 9.47 Å². The lowest BCUT2D eigenvalue weighted by atomic mass is 10.2. The molecule has 0 bridgehead atoms. The number of amides is 2. The number of benzene rings is 4. The number of carbonyl (C=O) groups excluding carboxylic acids is 2. The Morgan fingerprint density at radius 2 is 0.909 bits per heavy atom. The zero-order valence-corrected chi connectivity index (χ0v) is 24.0. The molecule has 44 heavy (non-hydrogen) atoms. The Morgan fingerprint density at radius 3 is 1.20 bits per heavy atom. The lowest BCUT2D eigenvalue weighted by Crippen LogP contribution is -2.48. The van der Waals surface area contributed by atoms with E-state index in [0.717, 1.165) is 0 Å². The van der Waals surface area contributed by atoms with Crippen molar-refractivity contribution >= 4 is 34.6 Å². The monoisotopic (exact) mass is 598 g/mol. The number of carbonyl (C=O) groups is 2. The minimum Gasteiger partial charge on any atom is -0.481 e. The van der Waals surface area contributed by atoms with Gasteiger partial charge in [-0.3, -0.25) is 29.8 Å². The number of hydrogen-bond donors (Lipinski definition) is 0. The molecule has 0 aliphatic carbocycles. The maximum Gasteiger partial charge on any atom is 0.269 e. The zero-order chi connectivity index (χ0) is 31.6. The second-order valence-electron chi connectivity index (χ2n) is 9.67. The van der Waals surface area contributed by atoms with Crippen LogP contribution in [0.2, 0.25) is 0 Å². The average molecular weight is 599 g/mol. The van der Waals surface area contributed by atoms with Gasteiger partial charge in [0.05, 0.1) is 9.85 Å². The fraction of sp³-hybridized carbons (Fsp3) is 0.188. The van der Waals surface area contributed by atoms with Crippen molar-refractivity contribution in [1.82, 2.24) is 0 Å². The smallest absolute Gasteiger partial charge is 0.269 e. The molecule has 2 atom stereocenters. The highest BCUT2D eigenvalue weighted by atomic mass is 16.6. The summed E-state index contributed by atoms with van der Waals surface area (Å²) >= 11 is 0. The van der Waals surface area contributed by atoms with Crippen molar-refractivity contribution in [2.45, 2.75) is 26.1 Å². The third-order valence-electron chi connectivity index (χ3n) is 6.63. The molecule has 0 saturated carbocycles. The summed E-state index contributed by atoms with van der Waals surface area (Å²) < 4.78 is 11.6. The minimum absolute atomic E-state index is 0.0975. The van der Waals surface area contributed by atoms with Crippen LogP contribution in [0.1, 0.15) is 13.8 Å². The SMILES string of the molecule is CC(Oc1ccc([N+](=O)[O-])cc1)C(=O)N(CCN(C(=O)C(C)Oc1ccc([N+](=O)[O-])cc1)c1ccccc1)c1ccccc1. The molecule has 0 radical (unpaired) electrons. The molecule has 12 heteroatoms. The Bertz CT molecular complexity index is 1460. The summed E-state index contributed by atoms with van der Waals surface area (Å²) in [6.07, 6.45) is -1.91. The molecule has 0 spiro atoms. The van der Waals surface area contributed by atoms with Crippen LogP contribution in [0, 0.1) is 20.2 Å². The molecule has 0 saturated heterocycles. The molecule has 0 N–H and O–H groups in total. The van der Waals surface area contributed by atoms with Crippen molar-refractivity contribution in [3.63, 3.8) is 0 Å². The molecule has 4 aromatic rings. The Balaban J connectivity index is 1.53. The highest BCUT2D eigenvalue weighted by Gasteiger charge is 2.28. The Kier molecular flexibility index (Phi) is 10.2. The molecule has 4 aromatic carbocycles. The molecule has 0 aliphatic heterocycles. The van der Waals surface area contributed by atoms with Crippen molar-refractivity contribution in [2.24, 2.45) is 0 Å². The first-order chi connectivity index (χ1) is 21.1. The molecule has 4 rings (SSSR count). The van der Waals surface area contributed by atoms with Gasteiger partial charge in [-0.1, -0.05) is 36.4 Å². The fourth-order valence-electron chi connectivity index (χ4n) is 4.39. The van der Waals surface area contributed by atoms with E-state index in [0.29, 0.717) is 22.9 Å². The number of anilines is 2. The van der Waals surface area contributed by atoms with Crippen molar-refractivity contribution < 1.29 is 28.9 Å². The van der Waals surface area contributed by atoms with E-state index in [1.54, 1.807) is 62.4 Å². The Labute approximate surface area is 253 Å². The molecular weight excluding hydrogens is 568 g/mol. The van der Waals surface area contributed by atoms with Gasteiger partial charge in [-0.25, -0.2) is 0 Å². The summed E-state index contributed by atoms with van der Waals surface area (Å²) in [7, 11) is 0. The zero-order valence-electron chi connectivity index (χ0n) is 24.0. The van der Waals surface area contributed by atoms with E-state index >= 15 is 0 Å². The number of hydrogen-bond acceptors (Lipinski definition) is 8. The summed E-state index contributed by atoms with van der Waals surface area (Å²) in [5.41, 5.74) is 0.985. The maximum atomic E-state index is 13.7. The van der Waals surface area contributed by atoms with Gasteiger partial charge in [0.2, 0.25) is 0 Å². The van der Waals surface area contributed by atoms with Crippen LogP contribution in [-0.4, -0.2) is 47.0 Å². The molecule has 12 nitrogen and oxygen atoms in total. The van der Waals surface area contributed by atoms with Crippen LogP contribution in [-0.2, 0) is 9.59 Å².